The number of anilines is 2. The first-order valence-electron chi connectivity index (χ1n) is 10.2. The maximum Gasteiger partial charge on any atom is 0.254 e. The molecule has 1 aliphatic carbocycles. The molecule has 0 unspecified atom stereocenters. The predicted octanol–water partition coefficient (Wildman–Crippen LogP) is 0.942. The molecule has 0 spiro atoms. The molecule has 4 heterocycles. The van der Waals surface area contributed by atoms with E-state index in [1.165, 1.54) is 12.8 Å². The minimum Gasteiger partial charge on any atom is -0.394 e. The summed E-state index contributed by atoms with van der Waals surface area (Å²) in [6, 6.07) is 2.04. The Morgan fingerprint density at radius 1 is 1.31 bits per heavy atom. The molecule has 3 fully saturated rings. The molecular weight excluding hydrogens is 372 g/mol. The molecule has 2 saturated heterocycles. The maximum absolute atomic E-state index is 12.0. The van der Waals surface area contributed by atoms with Gasteiger partial charge in [-0.25, -0.2) is 4.98 Å². The van der Waals surface area contributed by atoms with Gasteiger partial charge in [-0.15, -0.1) is 0 Å². The lowest BCUT2D eigenvalue weighted by molar-refractivity contribution is -0.124. The van der Waals surface area contributed by atoms with E-state index in [9.17, 15) is 14.7 Å². The van der Waals surface area contributed by atoms with Gasteiger partial charge >= 0.3 is 0 Å². The van der Waals surface area contributed by atoms with Gasteiger partial charge < -0.3 is 15.3 Å². The number of aromatic nitrogens is 3. The van der Waals surface area contributed by atoms with Crippen molar-refractivity contribution >= 4 is 35.2 Å². The van der Waals surface area contributed by atoms with Crippen LogP contribution < -0.4 is 15.5 Å². The zero-order valence-corrected chi connectivity index (χ0v) is 16.1. The Labute approximate surface area is 167 Å². The van der Waals surface area contributed by atoms with Crippen molar-refractivity contribution in [2.75, 3.05) is 29.9 Å². The van der Waals surface area contributed by atoms with Gasteiger partial charge in [0.2, 0.25) is 5.91 Å². The van der Waals surface area contributed by atoms with Crippen molar-refractivity contribution in [3.63, 3.8) is 0 Å². The van der Waals surface area contributed by atoms with Crippen LogP contribution in [0.2, 0.25) is 0 Å². The molecule has 9 nitrogen and oxygen atoms in total. The summed E-state index contributed by atoms with van der Waals surface area (Å²) in [5.74, 6) is 1.68. The number of carbonyl (C=O) groups is 2. The van der Waals surface area contributed by atoms with Crippen molar-refractivity contribution in [2.45, 2.75) is 38.1 Å². The highest BCUT2D eigenvalue weighted by molar-refractivity contribution is 6.15. The van der Waals surface area contributed by atoms with Crippen molar-refractivity contribution in [3.8, 4) is 0 Å². The number of nitrogens with zero attached hydrogens (tertiary/aromatic N) is 4. The Morgan fingerprint density at radius 3 is 2.90 bits per heavy atom. The molecule has 1 atom stereocenters. The van der Waals surface area contributed by atoms with Gasteiger partial charge in [0.15, 0.2) is 5.65 Å². The maximum atomic E-state index is 12.0. The number of aliphatic hydroxyl groups excluding tert-OH is 1. The largest absolute Gasteiger partial charge is 0.394 e. The highest BCUT2D eigenvalue weighted by Crippen LogP contribution is 2.31. The van der Waals surface area contributed by atoms with Crippen LogP contribution in [0.15, 0.2) is 17.8 Å². The summed E-state index contributed by atoms with van der Waals surface area (Å²) in [7, 11) is 0. The molecule has 0 radical (unpaired) electrons. The highest BCUT2D eigenvalue weighted by Gasteiger charge is 2.28. The number of hydrogen-bond acceptors (Lipinski definition) is 7. The van der Waals surface area contributed by atoms with Crippen molar-refractivity contribution in [1.29, 1.82) is 0 Å². The third-order valence-corrected chi connectivity index (χ3v) is 5.86. The third kappa shape index (κ3) is 3.46. The molecule has 1 saturated carbocycles. The summed E-state index contributed by atoms with van der Waals surface area (Å²) in [4.78, 5) is 30.4. The number of rotatable bonds is 6. The van der Waals surface area contributed by atoms with E-state index in [-0.39, 0.29) is 30.9 Å². The van der Waals surface area contributed by atoms with E-state index in [0.29, 0.717) is 22.7 Å². The number of aliphatic hydroxyl groups is 1. The standard InChI is InChI=1S/C20H24N6O3/c27-11-15-2-1-5-25(15)17-8-16(21-9-12-3-4-12)26-19(23-17)14(10-22-26)6-13-7-18(28)24-20(13)29/h6,8,10,12,15,21,27H,1-5,7,9,11H2,(H,24,28,29)/b13-6+/t15-/m0/s1. The molecule has 0 aromatic carbocycles. The van der Waals surface area contributed by atoms with Crippen LogP contribution in [0.4, 0.5) is 11.6 Å². The summed E-state index contributed by atoms with van der Waals surface area (Å²) in [6.45, 7) is 1.82. The fraction of sp³-hybridized carbons (Fsp3) is 0.500. The fourth-order valence-corrected chi connectivity index (χ4v) is 4.05. The molecule has 2 aromatic heterocycles. The van der Waals surface area contributed by atoms with Gasteiger partial charge in [0.1, 0.15) is 11.6 Å². The Kier molecular flexibility index (Phi) is 4.46. The number of hydrogen-bond donors (Lipinski definition) is 3. The Bertz CT molecular complexity index is 1010. The average Bonchev–Trinajstić information content (AvgIpc) is 3.11. The lowest BCUT2D eigenvalue weighted by Crippen LogP contribution is -2.33. The smallest absolute Gasteiger partial charge is 0.254 e. The molecular formula is C20H24N6O3. The van der Waals surface area contributed by atoms with Gasteiger partial charge in [-0.3, -0.25) is 14.9 Å². The number of nitrogens with one attached hydrogen (secondary N) is 2. The molecule has 0 bridgehead atoms. The van der Waals surface area contributed by atoms with Crippen LogP contribution in [0.5, 0.6) is 0 Å². The van der Waals surface area contributed by atoms with E-state index in [1.54, 1.807) is 16.8 Å². The summed E-state index contributed by atoms with van der Waals surface area (Å²) >= 11 is 0. The number of amides is 2. The van der Waals surface area contributed by atoms with Gasteiger partial charge in [-0.2, -0.15) is 9.61 Å². The van der Waals surface area contributed by atoms with Crippen LogP contribution in [0.25, 0.3) is 11.7 Å². The zero-order chi connectivity index (χ0) is 20.0. The average molecular weight is 396 g/mol. The van der Waals surface area contributed by atoms with E-state index < -0.39 is 0 Å². The van der Waals surface area contributed by atoms with Gasteiger partial charge in [-0.1, -0.05) is 0 Å². The number of fused-ring (bicyclic) bond motifs is 1. The summed E-state index contributed by atoms with van der Waals surface area (Å²) in [5.41, 5.74) is 1.74. The molecule has 152 valence electrons. The lowest BCUT2D eigenvalue weighted by atomic mass is 10.1. The second-order valence-electron chi connectivity index (χ2n) is 8.05. The topological polar surface area (TPSA) is 112 Å². The summed E-state index contributed by atoms with van der Waals surface area (Å²) < 4.78 is 1.75. The predicted molar refractivity (Wildman–Crippen MR) is 107 cm³/mol. The van der Waals surface area contributed by atoms with E-state index in [4.69, 9.17) is 4.98 Å². The van der Waals surface area contributed by atoms with Crippen molar-refractivity contribution in [3.05, 3.63) is 23.4 Å². The van der Waals surface area contributed by atoms with Crippen LogP contribution >= 0.6 is 0 Å². The zero-order valence-electron chi connectivity index (χ0n) is 16.1. The number of carbonyl (C=O) groups excluding carboxylic acids is 2. The minimum atomic E-state index is -0.363. The van der Waals surface area contributed by atoms with Gasteiger partial charge in [0, 0.05) is 30.3 Å². The molecule has 2 aliphatic heterocycles. The van der Waals surface area contributed by atoms with Gasteiger partial charge in [-0.05, 0) is 37.7 Å². The fourth-order valence-electron chi connectivity index (χ4n) is 4.05. The lowest BCUT2D eigenvalue weighted by Gasteiger charge is -2.25. The molecule has 2 aromatic rings. The molecule has 3 N–H and O–H groups in total. The van der Waals surface area contributed by atoms with Gasteiger partial charge in [0.25, 0.3) is 5.91 Å². The normalized spacial score (nSPS) is 23.4. The first-order valence-corrected chi connectivity index (χ1v) is 10.2. The van der Waals surface area contributed by atoms with E-state index >= 15 is 0 Å². The summed E-state index contributed by atoms with van der Waals surface area (Å²) in [6.07, 6.45) is 7.87. The van der Waals surface area contributed by atoms with E-state index in [0.717, 1.165) is 37.6 Å². The first kappa shape index (κ1) is 18.1. The monoisotopic (exact) mass is 396 g/mol. The second kappa shape index (κ2) is 7.14. The minimum absolute atomic E-state index is 0.0594. The second-order valence-corrected chi connectivity index (χ2v) is 8.05. The van der Waals surface area contributed by atoms with Crippen LogP contribution in [0, 0.1) is 5.92 Å². The first-order chi connectivity index (χ1) is 14.1. The molecule has 5 rings (SSSR count). The van der Waals surface area contributed by atoms with Crippen LogP contribution in [-0.4, -0.2) is 57.3 Å². The van der Waals surface area contributed by atoms with Crippen molar-refractivity contribution < 1.29 is 14.7 Å². The van der Waals surface area contributed by atoms with Gasteiger partial charge in [0.05, 0.1) is 25.3 Å². The Balaban J connectivity index is 1.57. The van der Waals surface area contributed by atoms with Crippen LogP contribution in [0.3, 0.4) is 0 Å². The van der Waals surface area contributed by atoms with E-state index in [1.807, 2.05) is 6.07 Å². The molecule has 2 amide bonds. The molecule has 3 aliphatic rings. The van der Waals surface area contributed by atoms with E-state index in [2.05, 4.69) is 20.6 Å². The Hall–Kier alpha value is -2.94. The number of imide groups is 1. The van der Waals surface area contributed by atoms with Crippen LogP contribution in [-0.2, 0) is 9.59 Å². The van der Waals surface area contributed by atoms with Crippen LogP contribution in [0.1, 0.15) is 37.7 Å². The SMILES string of the molecule is O=C1C/C(=C\c2cnn3c(NCC4CC4)cc(N4CCC[C@H]4CO)nc23)C(=O)N1. The Morgan fingerprint density at radius 2 is 2.17 bits per heavy atom. The summed E-state index contributed by atoms with van der Waals surface area (Å²) in [5, 5.41) is 20.0. The quantitative estimate of drug-likeness (QED) is 0.492. The van der Waals surface area contributed by atoms with Crippen molar-refractivity contribution in [1.82, 2.24) is 19.9 Å². The molecule has 9 heteroatoms. The van der Waals surface area contributed by atoms with Crippen molar-refractivity contribution in [2.24, 2.45) is 5.92 Å². The molecule has 29 heavy (non-hydrogen) atoms. The highest BCUT2D eigenvalue weighted by atomic mass is 16.3. The third-order valence-electron chi connectivity index (χ3n) is 5.86.